The SMILES string of the molecule is CCC(C)C(CC1CCCCCC1)NN. The van der Waals surface area contributed by atoms with E-state index in [4.69, 9.17) is 5.84 Å². The number of nitrogens with two attached hydrogens (primary N) is 1. The summed E-state index contributed by atoms with van der Waals surface area (Å²) >= 11 is 0. The molecule has 2 nitrogen and oxygen atoms in total. The summed E-state index contributed by atoms with van der Waals surface area (Å²) < 4.78 is 0. The smallest absolute Gasteiger partial charge is 0.0238 e. The molecule has 3 N–H and O–H groups in total. The van der Waals surface area contributed by atoms with Crippen molar-refractivity contribution in [3.8, 4) is 0 Å². The van der Waals surface area contributed by atoms with Gasteiger partial charge in [-0.2, -0.15) is 0 Å². The van der Waals surface area contributed by atoms with Crippen molar-refractivity contribution in [2.24, 2.45) is 17.7 Å². The van der Waals surface area contributed by atoms with Crippen LogP contribution in [0.5, 0.6) is 0 Å². The molecule has 0 aliphatic heterocycles. The number of hydrogen-bond acceptors (Lipinski definition) is 2. The van der Waals surface area contributed by atoms with E-state index in [0.717, 1.165) is 5.92 Å². The molecule has 15 heavy (non-hydrogen) atoms. The first kappa shape index (κ1) is 13.0. The van der Waals surface area contributed by atoms with Gasteiger partial charge in [-0.05, 0) is 18.3 Å². The molecule has 0 radical (unpaired) electrons. The van der Waals surface area contributed by atoms with Gasteiger partial charge >= 0.3 is 0 Å². The lowest BCUT2D eigenvalue weighted by Crippen LogP contribution is -2.41. The van der Waals surface area contributed by atoms with Gasteiger partial charge in [0.2, 0.25) is 0 Å². The third kappa shape index (κ3) is 4.52. The van der Waals surface area contributed by atoms with Gasteiger partial charge < -0.3 is 0 Å². The number of hydrazine groups is 1. The van der Waals surface area contributed by atoms with Gasteiger partial charge in [-0.15, -0.1) is 0 Å². The Balaban J connectivity index is 2.35. The minimum atomic E-state index is 0.526. The molecule has 0 heterocycles. The molecule has 0 spiro atoms. The van der Waals surface area contributed by atoms with Crippen LogP contribution in [0.4, 0.5) is 0 Å². The highest BCUT2D eigenvalue weighted by atomic mass is 15.2. The number of hydrogen-bond donors (Lipinski definition) is 2. The first-order chi connectivity index (χ1) is 7.27. The Bertz CT molecular complexity index is 151. The van der Waals surface area contributed by atoms with E-state index in [1.54, 1.807) is 0 Å². The summed E-state index contributed by atoms with van der Waals surface area (Å²) in [5.41, 5.74) is 3.02. The fourth-order valence-corrected chi connectivity index (χ4v) is 2.71. The van der Waals surface area contributed by atoms with Crippen LogP contribution in [0.3, 0.4) is 0 Å². The van der Waals surface area contributed by atoms with Crippen molar-refractivity contribution in [3.63, 3.8) is 0 Å². The molecule has 0 aromatic carbocycles. The zero-order chi connectivity index (χ0) is 11.1. The van der Waals surface area contributed by atoms with E-state index in [1.165, 1.54) is 51.4 Å². The van der Waals surface area contributed by atoms with E-state index < -0.39 is 0 Å². The normalized spacial score (nSPS) is 23.4. The Kier molecular flexibility index (Phi) is 6.26. The van der Waals surface area contributed by atoms with Crippen LogP contribution in [-0.4, -0.2) is 6.04 Å². The summed E-state index contributed by atoms with van der Waals surface area (Å²) in [6.45, 7) is 4.56. The molecule has 0 aromatic rings. The summed E-state index contributed by atoms with van der Waals surface area (Å²) in [6.07, 6.45) is 11.1. The molecular weight excluding hydrogens is 184 g/mol. The Labute approximate surface area is 95.0 Å². The van der Waals surface area contributed by atoms with E-state index in [2.05, 4.69) is 19.3 Å². The predicted octanol–water partition coefficient (Wildman–Crippen LogP) is 3.22. The van der Waals surface area contributed by atoms with Gasteiger partial charge in [0, 0.05) is 6.04 Å². The molecule has 1 fully saturated rings. The lowest BCUT2D eigenvalue weighted by molar-refractivity contribution is 0.285. The molecule has 90 valence electrons. The summed E-state index contributed by atoms with van der Waals surface area (Å²) in [5.74, 6) is 7.28. The van der Waals surface area contributed by atoms with Crippen LogP contribution in [0.15, 0.2) is 0 Å². The molecular formula is C13H28N2. The number of rotatable bonds is 5. The maximum atomic E-state index is 5.66. The van der Waals surface area contributed by atoms with E-state index >= 15 is 0 Å². The topological polar surface area (TPSA) is 38.0 Å². The second-order valence-corrected chi connectivity index (χ2v) is 5.25. The maximum absolute atomic E-state index is 5.66. The third-order valence-electron chi connectivity index (χ3n) is 4.11. The standard InChI is InChI=1S/C13H28N2/c1-3-11(2)13(15-14)10-12-8-6-4-5-7-9-12/h11-13,15H,3-10,14H2,1-2H3. The van der Waals surface area contributed by atoms with Gasteiger partial charge in [0.25, 0.3) is 0 Å². The lowest BCUT2D eigenvalue weighted by atomic mass is 9.87. The summed E-state index contributed by atoms with van der Waals surface area (Å²) in [6, 6.07) is 0.526. The van der Waals surface area contributed by atoms with E-state index in [-0.39, 0.29) is 0 Å². The van der Waals surface area contributed by atoms with Crippen LogP contribution in [-0.2, 0) is 0 Å². The van der Waals surface area contributed by atoms with Crippen LogP contribution >= 0.6 is 0 Å². The van der Waals surface area contributed by atoms with Crippen LogP contribution < -0.4 is 11.3 Å². The van der Waals surface area contributed by atoms with E-state index in [0.29, 0.717) is 12.0 Å². The summed E-state index contributed by atoms with van der Waals surface area (Å²) in [7, 11) is 0. The highest BCUT2D eigenvalue weighted by Gasteiger charge is 2.20. The minimum Gasteiger partial charge on any atom is -0.271 e. The Morgan fingerprint density at radius 1 is 1.20 bits per heavy atom. The average molecular weight is 212 g/mol. The van der Waals surface area contributed by atoms with Crippen molar-refractivity contribution in [2.45, 2.75) is 71.3 Å². The quantitative estimate of drug-likeness (QED) is 0.417. The third-order valence-corrected chi connectivity index (χ3v) is 4.11. The molecule has 0 bridgehead atoms. The summed E-state index contributed by atoms with van der Waals surface area (Å²) in [5, 5.41) is 0. The van der Waals surface area contributed by atoms with Gasteiger partial charge in [0.15, 0.2) is 0 Å². The minimum absolute atomic E-state index is 0.526. The van der Waals surface area contributed by atoms with Crippen LogP contribution in [0.1, 0.15) is 65.2 Å². The van der Waals surface area contributed by atoms with Crippen molar-refractivity contribution in [1.29, 1.82) is 0 Å². The fourth-order valence-electron chi connectivity index (χ4n) is 2.71. The number of nitrogens with one attached hydrogen (secondary N) is 1. The van der Waals surface area contributed by atoms with Crippen LogP contribution in [0.2, 0.25) is 0 Å². The highest BCUT2D eigenvalue weighted by Crippen LogP contribution is 2.28. The Hall–Kier alpha value is -0.0800. The Morgan fingerprint density at radius 3 is 2.27 bits per heavy atom. The first-order valence-corrected chi connectivity index (χ1v) is 6.74. The van der Waals surface area contributed by atoms with Crippen molar-refractivity contribution >= 4 is 0 Å². The van der Waals surface area contributed by atoms with E-state index in [9.17, 15) is 0 Å². The molecule has 1 saturated carbocycles. The van der Waals surface area contributed by atoms with Gasteiger partial charge in [0.1, 0.15) is 0 Å². The fraction of sp³-hybridized carbons (Fsp3) is 1.00. The molecule has 2 heteroatoms. The highest BCUT2D eigenvalue weighted by molar-refractivity contribution is 4.75. The van der Waals surface area contributed by atoms with Crippen LogP contribution in [0, 0.1) is 11.8 Å². The summed E-state index contributed by atoms with van der Waals surface area (Å²) in [4.78, 5) is 0. The van der Waals surface area contributed by atoms with Gasteiger partial charge in [-0.1, -0.05) is 58.8 Å². The second-order valence-electron chi connectivity index (χ2n) is 5.25. The zero-order valence-corrected chi connectivity index (χ0v) is 10.5. The van der Waals surface area contributed by atoms with Crippen molar-refractivity contribution < 1.29 is 0 Å². The molecule has 0 amide bonds. The molecule has 1 rings (SSSR count). The largest absolute Gasteiger partial charge is 0.271 e. The zero-order valence-electron chi connectivity index (χ0n) is 10.5. The maximum Gasteiger partial charge on any atom is 0.0238 e. The van der Waals surface area contributed by atoms with Crippen molar-refractivity contribution in [2.75, 3.05) is 0 Å². The molecule has 0 saturated heterocycles. The van der Waals surface area contributed by atoms with Gasteiger partial charge in [-0.25, -0.2) is 0 Å². The van der Waals surface area contributed by atoms with E-state index in [1.807, 2.05) is 0 Å². The van der Waals surface area contributed by atoms with Crippen molar-refractivity contribution in [1.82, 2.24) is 5.43 Å². The second kappa shape index (κ2) is 7.24. The average Bonchev–Trinajstić information content (AvgIpc) is 2.53. The molecule has 0 aromatic heterocycles. The molecule has 1 aliphatic rings. The molecule has 2 atom stereocenters. The Morgan fingerprint density at radius 2 is 1.80 bits per heavy atom. The lowest BCUT2D eigenvalue weighted by Gasteiger charge is -2.26. The van der Waals surface area contributed by atoms with Gasteiger partial charge in [0.05, 0.1) is 0 Å². The monoisotopic (exact) mass is 212 g/mol. The first-order valence-electron chi connectivity index (χ1n) is 6.74. The predicted molar refractivity (Wildman–Crippen MR) is 66.4 cm³/mol. The van der Waals surface area contributed by atoms with Gasteiger partial charge in [-0.3, -0.25) is 11.3 Å². The molecule has 2 unspecified atom stereocenters. The molecule has 1 aliphatic carbocycles. The van der Waals surface area contributed by atoms with Crippen molar-refractivity contribution in [3.05, 3.63) is 0 Å². The van der Waals surface area contributed by atoms with Crippen LogP contribution in [0.25, 0.3) is 0 Å².